The monoisotopic (exact) mass is 865 g/mol. The molecule has 0 bridgehead atoms. The molecule has 64 heavy (non-hydrogen) atoms. The third-order valence-electron chi connectivity index (χ3n) is 13.7. The van der Waals surface area contributed by atoms with E-state index in [0.29, 0.717) is 23.0 Å². The van der Waals surface area contributed by atoms with Gasteiger partial charge in [0.15, 0.2) is 23.0 Å². The third kappa shape index (κ3) is 6.59. The molecule has 0 unspecified atom stereocenters. The summed E-state index contributed by atoms with van der Waals surface area (Å²) in [5.41, 5.74) is 6.61. The van der Waals surface area contributed by atoms with Crippen molar-refractivity contribution < 1.29 is 47.6 Å². The van der Waals surface area contributed by atoms with Crippen molar-refractivity contribution in [1.29, 1.82) is 0 Å². The van der Waals surface area contributed by atoms with Gasteiger partial charge >= 0.3 is 11.9 Å². The zero-order valence-corrected chi connectivity index (χ0v) is 35.5. The SMILES string of the molecule is COC(=O)[C@H]1Cc2c([nH]c3ccccc23)[C@@H](c2ccc3c(c2)OCO3)N1C(=O)CN(CC(=O)N1[C@H](c2ccc3c(c2)OCO3)c2[nH]c3ccccc3c2C[C@@H]1C(=O)OC)C1CCCC1. The lowest BCUT2D eigenvalue weighted by molar-refractivity contribution is -0.157. The lowest BCUT2D eigenvalue weighted by atomic mass is 9.87. The van der Waals surface area contributed by atoms with Crippen LogP contribution in [0.15, 0.2) is 84.9 Å². The van der Waals surface area contributed by atoms with Crippen LogP contribution in [0.5, 0.6) is 23.0 Å². The van der Waals surface area contributed by atoms with E-state index in [9.17, 15) is 9.59 Å². The van der Waals surface area contributed by atoms with Gasteiger partial charge in [0.1, 0.15) is 12.1 Å². The number of para-hydroxylation sites is 2. The molecule has 2 amide bonds. The number of carbonyl (C=O) groups is 4. The number of H-pyrrole nitrogens is 2. The maximum Gasteiger partial charge on any atom is 0.328 e. The van der Waals surface area contributed by atoms with E-state index in [1.54, 1.807) is 9.80 Å². The summed E-state index contributed by atoms with van der Waals surface area (Å²) in [4.78, 5) is 71.2. The van der Waals surface area contributed by atoms with Crippen LogP contribution in [0.4, 0.5) is 0 Å². The predicted molar refractivity (Wildman–Crippen MR) is 232 cm³/mol. The summed E-state index contributed by atoms with van der Waals surface area (Å²) in [5.74, 6) is 0.459. The van der Waals surface area contributed by atoms with Gasteiger partial charge in [-0.25, -0.2) is 9.59 Å². The number of fused-ring (bicyclic) bond motifs is 8. The van der Waals surface area contributed by atoms with Crippen molar-refractivity contribution in [2.24, 2.45) is 0 Å². The number of amides is 2. The Hall–Kier alpha value is -7.00. The largest absolute Gasteiger partial charge is 0.467 e. The van der Waals surface area contributed by atoms with Crippen LogP contribution in [0.3, 0.4) is 0 Å². The summed E-state index contributed by atoms with van der Waals surface area (Å²) in [5, 5.41) is 1.92. The van der Waals surface area contributed by atoms with E-state index in [0.717, 1.165) is 81.1 Å². The van der Waals surface area contributed by atoms with Crippen LogP contribution in [0.2, 0.25) is 0 Å². The van der Waals surface area contributed by atoms with E-state index >= 15 is 9.59 Å². The first-order valence-corrected chi connectivity index (χ1v) is 21.8. The molecule has 4 aromatic carbocycles. The smallest absolute Gasteiger partial charge is 0.328 e. The van der Waals surface area contributed by atoms with Crippen molar-refractivity contribution in [3.8, 4) is 23.0 Å². The van der Waals surface area contributed by atoms with Gasteiger partial charge < -0.3 is 48.2 Å². The Bertz CT molecular complexity index is 2660. The fraction of sp³-hybridized carbons (Fsp3) is 0.347. The van der Waals surface area contributed by atoms with E-state index < -0.39 is 36.1 Å². The normalized spacial score (nSPS) is 21.0. The van der Waals surface area contributed by atoms with Gasteiger partial charge in [0, 0.05) is 52.1 Å². The van der Waals surface area contributed by atoms with Gasteiger partial charge in [0.25, 0.3) is 0 Å². The summed E-state index contributed by atoms with van der Waals surface area (Å²) in [6.45, 7) is -0.207. The van der Waals surface area contributed by atoms with Crippen LogP contribution < -0.4 is 18.9 Å². The number of ether oxygens (including phenoxy) is 6. The van der Waals surface area contributed by atoms with E-state index in [4.69, 9.17) is 28.4 Å². The topological polar surface area (TPSA) is 165 Å². The molecule has 15 heteroatoms. The molecule has 2 N–H and O–H groups in total. The Morgan fingerprint density at radius 1 is 0.609 bits per heavy atom. The van der Waals surface area contributed by atoms with Crippen molar-refractivity contribution in [2.45, 2.75) is 68.7 Å². The van der Waals surface area contributed by atoms with E-state index in [1.807, 2.05) is 89.8 Å². The van der Waals surface area contributed by atoms with Crippen molar-refractivity contribution >= 4 is 45.6 Å². The second kappa shape index (κ2) is 16.0. The molecule has 5 aliphatic rings. The number of hydrogen-bond acceptors (Lipinski definition) is 11. The fourth-order valence-corrected chi connectivity index (χ4v) is 10.8. The molecule has 0 radical (unpaired) electrons. The van der Waals surface area contributed by atoms with Crippen LogP contribution in [-0.4, -0.2) is 107 Å². The van der Waals surface area contributed by atoms with Gasteiger partial charge in [-0.2, -0.15) is 0 Å². The number of esters is 2. The Morgan fingerprint density at radius 2 is 1.05 bits per heavy atom. The molecule has 4 atom stereocenters. The number of nitrogens with zero attached hydrogens (tertiary/aromatic N) is 3. The van der Waals surface area contributed by atoms with Gasteiger partial charge in [-0.15, -0.1) is 0 Å². The first-order chi connectivity index (χ1) is 31.3. The molecule has 11 rings (SSSR count). The first kappa shape index (κ1) is 39.8. The average molecular weight is 866 g/mol. The third-order valence-corrected chi connectivity index (χ3v) is 13.7. The van der Waals surface area contributed by atoms with Gasteiger partial charge in [0.2, 0.25) is 25.4 Å². The van der Waals surface area contributed by atoms with Crippen molar-refractivity contribution in [1.82, 2.24) is 24.7 Å². The minimum Gasteiger partial charge on any atom is -0.467 e. The van der Waals surface area contributed by atoms with Crippen LogP contribution in [0.25, 0.3) is 21.8 Å². The van der Waals surface area contributed by atoms with Crippen LogP contribution >= 0.6 is 0 Å². The average Bonchev–Trinajstić information content (AvgIpc) is 4.19. The molecule has 1 aliphatic carbocycles. The molecule has 6 heterocycles. The van der Waals surface area contributed by atoms with Crippen LogP contribution in [0.1, 0.15) is 71.4 Å². The molecule has 1 fully saturated rings. The first-order valence-electron chi connectivity index (χ1n) is 21.8. The molecule has 15 nitrogen and oxygen atoms in total. The lowest BCUT2D eigenvalue weighted by Crippen LogP contribution is -2.57. The molecule has 0 saturated heterocycles. The standard InChI is InChI=1S/C49H47N5O10/c1-59-48(57)36-21-32-30-11-5-7-13-34(30)50-44(32)46(27-15-17-38-40(19-27)63-25-61-38)53(36)42(55)23-52(29-9-3-4-10-29)24-43(56)54-37(49(58)60-2)22-33-31-12-6-8-14-35(31)51-45(33)47(54)28-16-18-39-41(20-28)64-26-62-39/h5-8,11-20,29,36-37,46-47,50-51H,3-4,9-10,21-26H2,1-2H3/t36-,37-,46-,47-/m1/s1. The lowest BCUT2D eigenvalue weighted by Gasteiger charge is -2.43. The molecular formula is C49H47N5O10. The highest BCUT2D eigenvalue weighted by atomic mass is 16.7. The Morgan fingerprint density at radius 3 is 1.50 bits per heavy atom. The number of nitrogens with one attached hydrogen (secondary N) is 2. The molecule has 328 valence electrons. The predicted octanol–water partition coefficient (Wildman–Crippen LogP) is 6.08. The summed E-state index contributed by atoms with van der Waals surface area (Å²) in [7, 11) is 2.67. The van der Waals surface area contributed by atoms with Crippen LogP contribution in [0, 0.1) is 0 Å². The number of rotatable bonds is 9. The molecule has 0 spiro atoms. The fourth-order valence-electron chi connectivity index (χ4n) is 10.8. The summed E-state index contributed by atoms with van der Waals surface area (Å²) in [6, 6.07) is 23.4. The Labute approximate surface area is 368 Å². The maximum atomic E-state index is 15.4. The highest BCUT2D eigenvalue weighted by molar-refractivity contribution is 5.93. The van der Waals surface area contributed by atoms with E-state index in [-0.39, 0.29) is 57.4 Å². The highest BCUT2D eigenvalue weighted by Crippen LogP contribution is 2.46. The molecule has 6 aromatic rings. The van der Waals surface area contributed by atoms with Crippen molar-refractivity contribution in [3.63, 3.8) is 0 Å². The highest BCUT2D eigenvalue weighted by Gasteiger charge is 2.48. The second-order valence-corrected chi connectivity index (χ2v) is 17.1. The molecule has 4 aliphatic heterocycles. The zero-order valence-electron chi connectivity index (χ0n) is 35.5. The number of hydrogen-bond donors (Lipinski definition) is 2. The summed E-state index contributed by atoms with van der Waals surface area (Å²) >= 11 is 0. The number of aromatic amines is 2. The van der Waals surface area contributed by atoms with Gasteiger partial charge in [-0.1, -0.05) is 61.4 Å². The van der Waals surface area contributed by atoms with Crippen molar-refractivity contribution in [3.05, 3.63) is 119 Å². The zero-order chi connectivity index (χ0) is 43.6. The van der Waals surface area contributed by atoms with Crippen molar-refractivity contribution in [2.75, 3.05) is 40.9 Å². The molecule has 2 aromatic heterocycles. The molecule has 1 saturated carbocycles. The van der Waals surface area contributed by atoms with Gasteiger partial charge in [-0.05, 0) is 71.5 Å². The number of carbonyl (C=O) groups excluding carboxylic acids is 4. The Kier molecular flexibility index (Phi) is 9.93. The van der Waals surface area contributed by atoms with Crippen LogP contribution in [-0.2, 0) is 41.5 Å². The number of methoxy groups -OCH3 is 2. The summed E-state index contributed by atoms with van der Waals surface area (Å²) < 4.78 is 33.8. The second-order valence-electron chi connectivity index (χ2n) is 17.1. The quantitative estimate of drug-likeness (QED) is 0.162. The van der Waals surface area contributed by atoms with E-state index in [1.165, 1.54) is 14.2 Å². The minimum absolute atomic E-state index is 0.0733. The number of benzene rings is 4. The summed E-state index contributed by atoms with van der Waals surface area (Å²) in [6.07, 6.45) is 3.86. The minimum atomic E-state index is -0.984. The maximum absolute atomic E-state index is 15.4. The van der Waals surface area contributed by atoms with Gasteiger partial charge in [0.05, 0.1) is 39.4 Å². The number of aromatic nitrogens is 2. The van der Waals surface area contributed by atoms with Gasteiger partial charge in [-0.3, -0.25) is 14.5 Å². The Balaban J connectivity index is 0.992. The van der Waals surface area contributed by atoms with E-state index in [2.05, 4.69) is 9.97 Å². The molecular weight excluding hydrogens is 819 g/mol.